The molecule has 0 spiro atoms. The summed E-state index contributed by atoms with van der Waals surface area (Å²) in [5.74, 6) is 0.669. The molecule has 6 heteroatoms. The zero-order valence-corrected chi connectivity index (χ0v) is 23.7. The van der Waals surface area contributed by atoms with Crippen LogP contribution in [-0.4, -0.2) is 61.4 Å². The average Bonchev–Trinajstić information content (AvgIpc) is 2.88. The Balaban J connectivity index is 2.13. The van der Waals surface area contributed by atoms with E-state index in [1.54, 1.807) is 0 Å². The average molecular weight is 512 g/mol. The molecule has 1 rings (SSSR count). The number of aliphatic hydroxyl groups excluding tert-OH is 1. The molecule has 1 heterocycles. The molecule has 1 aliphatic rings. The van der Waals surface area contributed by atoms with E-state index in [0.717, 1.165) is 51.7 Å². The highest BCUT2D eigenvalue weighted by Gasteiger charge is 2.19. The Morgan fingerprint density at radius 1 is 0.806 bits per heavy atom. The Morgan fingerprint density at radius 2 is 1.36 bits per heavy atom. The Hall–Kier alpha value is -1.14. The first kappa shape index (κ1) is 32.9. The highest BCUT2D eigenvalue weighted by atomic mass is 16.5. The zero-order valence-electron chi connectivity index (χ0n) is 23.7. The maximum atomic E-state index is 12.3. The van der Waals surface area contributed by atoms with Crippen molar-refractivity contribution in [2.75, 3.05) is 39.5 Å². The quantitative estimate of drug-likeness (QED) is 0.122. The summed E-state index contributed by atoms with van der Waals surface area (Å²) in [6.07, 6.45) is 19.2. The number of aliphatic hydroxyl groups is 1. The number of β-amino-alcohol motifs (C(OH)–C–C–N with tert-alkyl or cyclic N) is 1. The standard InChI is InChI=1S/C30H57NO5/c1-3-5-7-9-10-12-15-28(14-11-8-6-4-2)26-36-30(34)17-13-16-29(33)35-25-20-27-18-21-31(22-19-27)23-24-32/h27-28,32H,3-26H2,1-2H3. The van der Waals surface area contributed by atoms with Crippen LogP contribution < -0.4 is 0 Å². The highest BCUT2D eigenvalue weighted by molar-refractivity contribution is 5.72. The predicted octanol–water partition coefficient (Wildman–Crippen LogP) is 6.67. The summed E-state index contributed by atoms with van der Waals surface area (Å²) in [5, 5.41) is 9.03. The maximum Gasteiger partial charge on any atom is 0.305 e. The van der Waals surface area contributed by atoms with Crippen molar-refractivity contribution in [3.8, 4) is 0 Å². The third-order valence-corrected chi connectivity index (χ3v) is 7.59. The fourth-order valence-corrected chi connectivity index (χ4v) is 5.10. The summed E-state index contributed by atoms with van der Waals surface area (Å²) in [5.41, 5.74) is 0. The number of ether oxygens (including phenoxy) is 2. The van der Waals surface area contributed by atoms with Gasteiger partial charge in [0, 0.05) is 19.4 Å². The largest absolute Gasteiger partial charge is 0.466 e. The molecule has 0 aromatic heterocycles. The number of carbonyl (C=O) groups excluding carboxylic acids is 2. The van der Waals surface area contributed by atoms with Crippen LogP contribution in [0.3, 0.4) is 0 Å². The molecule has 1 fully saturated rings. The summed E-state index contributed by atoms with van der Waals surface area (Å²) >= 11 is 0. The lowest BCUT2D eigenvalue weighted by Crippen LogP contribution is -2.35. The van der Waals surface area contributed by atoms with Gasteiger partial charge in [-0.3, -0.25) is 9.59 Å². The van der Waals surface area contributed by atoms with Crippen molar-refractivity contribution in [1.29, 1.82) is 0 Å². The van der Waals surface area contributed by atoms with Crippen LogP contribution >= 0.6 is 0 Å². The third kappa shape index (κ3) is 18.2. The number of esters is 2. The second-order valence-electron chi connectivity index (χ2n) is 10.8. The van der Waals surface area contributed by atoms with Gasteiger partial charge in [-0.05, 0) is 63.5 Å². The van der Waals surface area contributed by atoms with E-state index < -0.39 is 0 Å². The highest BCUT2D eigenvalue weighted by Crippen LogP contribution is 2.21. The SMILES string of the molecule is CCCCCCCCC(CCCCCC)COC(=O)CCCC(=O)OCCC1CCN(CCO)CC1. The van der Waals surface area contributed by atoms with Crippen molar-refractivity contribution in [2.45, 2.75) is 129 Å². The minimum Gasteiger partial charge on any atom is -0.466 e. The topological polar surface area (TPSA) is 76.1 Å². The van der Waals surface area contributed by atoms with Gasteiger partial charge in [0.15, 0.2) is 0 Å². The first-order chi connectivity index (χ1) is 17.6. The minimum atomic E-state index is -0.211. The van der Waals surface area contributed by atoms with E-state index in [9.17, 15) is 9.59 Å². The number of hydrogen-bond acceptors (Lipinski definition) is 6. The number of unbranched alkanes of at least 4 members (excludes halogenated alkanes) is 8. The number of carbonyl (C=O) groups is 2. The predicted molar refractivity (Wildman–Crippen MR) is 147 cm³/mol. The van der Waals surface area contributed by atoms with Crippen LogP contribution in [0.1, 0.15) is 129 Å². The lowest BCUT2D eigenvalue weighted by Gasteiger charge is -2.31. The van der Waals surface area contributed by atoms with Gasteiger partial charge in [0.25, 0.3) is 0 Å². The van der Waals surface area contributed by atoms with Gasteiger partial charge in [0.1, 0.15) is 0 Å². The molecule has 0 aromatic carbocycles. The number of likely N-dealkylation sites (tertiary alicyclic amines) is 1. The lowest BCUT2D eigenvalue weighted by atomic mass is 9.94. The Kier molecular flexibility index (Phi) is 21.0. The summed E-state index contributed by atoms with van der Waals surface area (Å²) in [6.45, 7) is 8.47. The van der Waals surface area contributed by atoms with Crippen molar-refractivity contribution in [1.82, 2.24) is 4.90 Å². The van der Waals surface area contributed by atoms with Gasteiger partial charge in [-0.25, -0.2) is 0 Å². The van der Waals surface area contributed by atoms with Gasteiger partial charge in [0.05, 0.1) is 19.8 Å². The smallest absolute Gasteiger partial charge is 0.305 e. The Bertz CT molecular complexity index is 533. The molecule has 36 heavy (non-hydrogen) atoms. The van der Waals surface area contributed by atoms with E-state index in [1.165, 1.54) is 64.2 Å². The van der Waals surface area contributed by atoms with E-state index in [-0.39, 0.29) is 31.4 Å². The Morgan fingerprint density at radius 3 is 1.97 bits per heavy atom. The van der Waals surface area contributed by atoms with Crippen LogP contribution in [0.4, 0.5) is 0 Å². The van der Waals surface area contributed by atoms with Gasteiger partial charge in [-0.1, -0.05) is 78.1 Å². The molecule has 1 saturated heterocycles. The van der Waals surface area contributed by atoms with Crippen LogP contribution in [0.25, 0.3) is 0 Å². The van der Waals surface area contributed by atoms with E-state index in [1.807, 2.05) is 0 Å². The van der Waals surface area contributed by atoms with Crippen molar-refractivity contribution in [3.63, 3.8) is 0 Å². The molecule has 212 valence electrons. The number of piperidine rings is 1. The van der Waals surface area contributed by atoms with Crippen molar-refractivity contribution in [2.24, 2.45) is 11.8 Å². The maximum absolute atomic E-state index is 12.3. The second kappa shape index (κ2) is 23.0. The molecule has 0 amide bonds. The molecule has 0 saturated carbocycles. The zero-order chi connectivity index (χ0) is 26.3. The van der Waals surface area contributed by atoms with Crippen LogP contribution in [0.5, 0.6) is 0 Å². The van der Waals surface area contributed by atoms with Gasteiger partial charge >= 0.3 is 11.9 Å². The van der Waals surface area contributed by atoms with E-state index in [4.69, 9.17) is 14.6 Å². The van der Waals surface area contributed by atoms with Gasteiger partial charge < -0.3 is 19.5 Å². The van der Waals surface area contributed by atoms with Crippen molar-refractivity contribution in [3.05, 3.63) is 0 Å². The van der Waals surface area contributed by atoms with E-state index in [2.05, 4.69) is 18.7 Å². The third-order valence-electron chi connectivity index (χ3n) is 7.59. The number of hydrogen-bond donors (Lipinski definition) is 1. The lowest BCUT2D eigenvalue weighted by molar-refractivity contribution is -0.146. The van der Waals surface area contributed by atoms with Crippen LogP contribution in [0, 0.1) is 11.8 Å². The molecule has 6 nitrogen and oxygen atoms in total. The summed E-state index contributed by atoms with van der Waals surface area (Å²) < 4.78 is 11.0. The van der Waals surface area contributed by atoms with E-state index in [0.29, 0.717) is 31.5 Å². The molecular formula is C30H57NO5. The first-order valence-electron chi connectivity index (χ1n) is 15.2. The first-order valence-corrected chi connectivity index (χ1v) is 15.2. The van der Waals surface area contributed by atoms with Crippen LogP contribution in [0.15, 0.2) is 0 Å². The van der Waals surface area contributed by atoms with Gasteiger partial charge in [-0.2, -0.15) is 0 Å². The molecule has 0 bridgehead atoms. The molecule has 0 aromatic rings. The molecule has 1 unspecified atom stereocenters. The molecule has 0 aliphatic carbocycles. The van der Waals surface area contributed by atoms with Crippen molar-refractivity contribution >= 4 is 11.9 Å². The fraction of sp³-hybridized carbons (Fsp3) is 0.933. The van der Waals surface area contributed by atoms with Crippen LogP contribution in [-0.2, 0) is 19.1 Å². The fourth-order valence-electron chi connectivity index (χ4n) is 5.10. The van der Waals surface area contributed by atoms with Gasteiger partial charge in [-0.15, -0.1) is 0 Å². The molecule has 1 N–H and O–H groups in total. The normalized spacial score (nSPS) is 15.6. The number of rotatable bonds is 23. The second-order valence-corrected chi connectivity index (χ2v) is 10.8. The monoisotopic (exact) mass is 511 g/mol. The Labute approximate surface area is 221 Å². The molecular weight excluding hydrogens is 454 g/mol. The van der Waals surface area contributed by atoms with Crippen LogP contribution in [0.2, 0.25) is 0 Å². The summed E-state index contributed by atoms with van der Waals surface area (Å²) in [7, 11) is 0. The van der Waals surface area contributed by atoms with E-state index >= 15 is 0 Å². The minimum absolute atomic E-state index is 0.182. The van der Waals surface area contributed by atoms with Gasteiger partial charge in [0.2, 0.25) is 0 Å². The summed E-state index contributed by atoms with van der Waals surface area (Å²) in [4.78, 5) is 26.6. The van der Waals surface area contributed by atoms with Crippen molar-refractivity contribution < 1.29 is 24.2 Å². The molecule has 1 aliphatic heterocycles. The molecule has 1 atom stereocenters. The molecule has 0 radical (unpaired) electrons. The number of nitrogens with zero attached hydrogens (tertiary/aromatic N) is 1. The summed E-state index contributed by atoms with van der Waals surface area (Å²) in [6, 6.07) is 0.